The Morgan fingerprint density at radius 3 is 2.45 bits per heavy atom. The van der Waals surface area contributed by atoms with Gasteiger partial charge >= 0.3 is 5.97 Å². The van der Waals surface area contributed by atoms with E-state index in [9.17, 15) is 9.59 Å². The first kappa shape index (κ1) is 14.1. The Bertz CT molecular complexity index is 647. The summed E-state index contributed by atoms with van der Waals surface area (Å²) in [7, 11) is 0. The van der Waals surface area contributed by atoms with Gasteiger partial charge in [0.2, 0.25) is 5.91 Å². The highest BCUT2D eigenvalue weighted by atomic mass is 32.1. The van der Waals surface area contributed by atoms with E-state index in [1.807, 2.05) is 6.92 Å². The number of amides is 1. The number of primary amides is 1. The van der Waals surface area contributed by atoms with Crippen molar-refractivity contribution in [3.63, 3.8) is 0 Å². The van der Waals surface area contributed by atoms with Crippen LogP contribution in [-0.2, 0) is 6.54 Å². The highest BCUT2D eigenvalue weighted by Crippen LogP contribution is 2.22. The van der Waals surface area contributed by atoms with Gasteiger partial charge in [-0.15, -0.1) is 11.3 Å². The fourth-order valence-electron chi connectivity index (χ4n) is 1.75. The summed E-state index contributed by atoms with van der Waals surface area (Å²) < 4.78 is 0. The molecule has 0 radical (unpaired) electrons. The van der Waals surface area contributed by atoms with E-state index in [1.54, 1.807) is 30.3 Å². The number of nitrogens with two attached hydrogens (primary N) is 1. The number of nitrogens with one attached hydrogen (secondary N) is 1. The van der Waals surface area contributed by atoms with Crippen LogP contribution in [0, 0.1) is 6.92 Å². The van der Waals surface area contributed by atoms with Gasteiger partial charge in [0.05, 0.1) is 0 Å². The Hall–Kier alpha value is -2.34. The van der Waals surface area contributed by atoms with Gasteiger partial charge in [-0.1, -0.05) is 0 Å². The molecule has 4 N–H and O–H groups in total. The molecule has 2 aromatic rings. The molecular formula is C14H14N2O3S. The summed E-state index contributed by atoms with van der Waals surface area (Å²) in [5, 5.41) is 12.1. The maximum absolute atomic E-state index is 11.0. The Kier molecular flexibility index (Phi) is 4.05. The average molecular weight is 290 g/mol. The average Bonchev–Trinajstić information content (AvgIpc) is 2.78. The number of benzene rings is 1. The van der Waals surface area contributed by atoms with Crippen molar-refractivity contribution in [2.45, 2.75) is 13.5 Å². The molecule has 0 aliphatic carbocycles. The fraction of sp³-hybridized carbons (Fsp3) is 0.143. The zero-order valence-corrected chi connectivity index (χ0v) is 11.7. The van der Waals surface area contributed by atoms with Gasteiger partial charge in [0.25, 0.3) is 0 Å². The lowest BCUT2D eigenvalue weighted by Gasteiger charge is -2.06. The molecule has 0 aliphatic rings. The number of carboxylic acids is 1. The smallest absolute Gasteiger partial charge is 0.345 e. The van der Waals surface area contributed by atoms with Crippen molar-refractivity contribution in [2.75, 3.05) is 5.32 Å². The first-order valence-electron chi connectivity index (χ1n) is 5.93. The molecule has 0 bridgehead atoms. The van der Waals surface area contributed by atoms with Crippen molar-refractivity contribution in [1.82, 2.24) is 0 Å². The number of carbonyl (C=O) groups is 2. The molecule has 104 valence electrons. The molecule has 0 saturated carbocycles. The maximum atomic E-state index is 11.0. The monoisotopic (exact) mass is 290 g/mol. The number of hydrogen-bond donors (Lipinski definition) is 3. The summed E-state index contributed by atoms with van der Waals surface area (Å²) in [5.74, 6) is -1.37. The van der Waals surface area contributed by atoms with Gasteiger partial charge in [-0.2, -0.15) is 0 Å². The van der Waals surface area contributed by atoms with Crippen LogP contribution in [-0.4, -0.2) is 17.0 Å². The number of rotatable bonds is 5. The van der Waals surface area contributed by atoms with E-state index in [2.05, 4.69) is 5.32 Å². The lowest BCUT2D eigenvalue weighted by molar-refractivity contribution is 0.0702. The van der Waals surface area contributed by atoms with Crippen molar-refractivity contribution >= 4 is 28.9 Å². The van der Waals surface area contributed by atoms with Crippen molar-refractivity contribution in [3.05, 3.63) is 51.2 Å². The Labute approximate surface area is 120 Å². The molecule has 20 heavy (non-hydrogen) atoms. The molecule has 2 rings (SSSR count). The fourth-order valence-corrected chi connectivity index (χ4v) is 2.63. The highest BCUT2D eigenvalue weighted by Gasteiger charge is 2.10. The van der Waals surface area contributed by atoms with Gasteiger partial charge < -0.3 is 16.2 Å². The molecule has 1 heterocycles. The minimum Gasteiger partial charge on any atom is -0.477 e. The quantitative estimate of drug-likeness (QED) is 0.788. The van der Waals surface area contributed by atoms with Crippen LogP contribution in [0.25, 0.3) is 0 Å². The molecule has 0 unspecified atom stereocenters. The van der Waals surface area contributed by atoms with Crippen LogP contribution < -0.4 is 11.1 Å². The molecular weight excluding hydrogens is 276 g/mol. The lowest BCUT2D eigenvalue weighted by atomic mass is 10.2. The largest absolute Gasteiger partial charge is 0.477 e. The second kappa shape index (κ2) is 5.75. The third-order valence-electron chi connectivity index (χ3n) is 2.88. The van der Waals surface area contributed by atoms with E-state index < -0.39 is 11.9 Å². The highest BCUT2D eigenvalue weighted by molar-refractivity contribution is 7.14. The Morgan fingerprint density at radius 1 is 1.30 bits per heavy atom. The standard InChI is InChI=1S/C14H14N2O3S/c1-8-10(6-12(20-8)14(18)19)7-16-11-4-2-9(3-5-11)13(15)17/h2-6,16H,7H2,1H3,(H2,15,17)(H,18,19). The number of thiophene rings is 1. The van der Waals surface area contributed by atoms with E-state index >= 15 is 0 Å². The van der Waals surface area contributed by atoms with Crippen LogP contribution in [0.1, 0.15) is 30.5 Å². The second-order valence-electron chi connectivity index (χ2n) is 4.29. The van der Waals surface area contributed by atoms with Gasteiger partial charge in [-0.05, 0) is 42.8 Å². The molecule has 0 atom stereocenters. The number of anilines is 1. The van der Waals surface area contributed by atoms with Gasteiger partial charge in [0, 0.05) is 22.7 Å². The summed E-state index contributed by atoms with van der Waals surface area (Å²) in [4.78, 5) is 23.2. The first-order valence-corrected chi connectivity index (χ1v) is 6.75. The number of hydrogen-bond acceptors (Lipinski definition) is 4. The van der Waals surface area contributed by atoms with Crippen molar-refractivity contribution < 1.29 is 14.7 Å². The molecule has 5 nitrogen and oxygen atoms in total. The molecule has 0 fully saturated rings. The predicted octanol–water partition coefficient (Wildman–Crippen LogP) is 2.47. The van der Waals surface area contributed by atoms with Crippen molar-refractivity contribution in [3.8, 4) is 0 Å². The van der Waals surface area contributed by atoms with Gasteiger partial charge in [0.1, 0.15) is 4.88 Å². The van der Waals surface area contributed by atoms with Gasteiger partial charge in [-0.25, -0.2) is 4.79 Å². The van der Waals surface area contributed by atoms with E-state index in [-0.39, 0.29) is 0 Å². The topological polar surface area (TPSA) is 92.4 Å². The normalized spacial score (nSPS) is 10.2. The molecule has 1 aromatic carbocycles. The second-order valence-corrected chi connectivity index (χ2v) is 5.55. The van der Waals surface area contributed by atoms with Gasteiger partial charge in [0.15, 0.2) is 0 Å². The number of carboxylic acid groups (broad SMARTS) is 1. The third-order valence-corrected chi connectivity index (χ3v) is 3.96. The molecule has 1 aromatic heterocycles. The zero-order chi connectivity index (χ0) is 14.7. The summed E-state index contributed by atoms with van der Waals surface area (Å²) in [5.41, 5.74) is 7.42. The minimum absolute atomic E-state index is 0.336. The Balaban J connectivity index is 2.05. The number of carbonyl (C=O) groups excluding carboxylic acids is 1. The van der Waals surface area contributed by atoms with Crippen LogP contribution in [0.5, 0.6) is 0 Å². The molecule has 1 amide bonds. The molecule has 0 spiro atoms. The number of aromatic carboxylic acids is 1. The summed E-state index contributed by atoms with van der Waals surface area (Å²) >= 11 is 1.26. The summed E-state index contributed by atoms with van der Waals surface area (Å²) in [6.07, 6.45) is 0. The van der Waals surface area contributed by atoms with Crippen molar-refractivity contribution in [2.24, 2.45) is 5.73 Å². The van der Waals surface area contributed by atoms with E-state index in [4.69, 9.17) is 10.8 Å². The van der Waals surface area contributed by atoms with Crippen LogP contribution in [0.4, 0.5) is 5.69 Å². The van der Waals surface area contributed by atoms with Crippen LogP contribution in [0.15, 0.2) is 30.3 Å². The molecule has 6 heteroatoms. The molecule has 0 aliphatic heterocycles. The minimum atomic E-state index is -0.907. The zero-order valence-electron chi connectivity index (χ0n) is 10.8. The predicted molar refractivity (Wildman–Crippen MR) is 78.3 cm³/mol. The van der Waals surface area contributed by atoms with Crippen LogP contribution in [0.2, 0.25) is 0 Å². The van der Waals surface area contributed by atoms with Crippen LogP contribution >= 0.6 is 11.3 Å². The van der Waals surface area contributed by atoms with E-state index in [0.717, 1.165) is 16.1 Å². The first-order chi connectivity index (χ1) is 9.47. The SMILES string of the molecule is Cc1sc(C(=O)O)cc1CNc1ccc(C(N)=O)cc1. The van der Waals surface area contributed by atoms with E-state index in [1.165, 1.54) is 11.3 Å². The van der Waals surface area contributed by atoms with E-state index in [0.29, 0.717) is 17.0 Å². The maximum Gasteiger partial charge on any atom is 0.345 e. The number of aryl methyl sites for hydroxylation is 1. The van der Waals surface area contributed by atoms with Crippen molar-refractivity contribution in [1.29, 1.82) is 0 Å². The lowest BCUT2D eigenvalue weighted by Crippen LogP contribution is -2.10. The van der Waals surface area contributed by atoms with Gasteiger partial charge in [-0.3, -0.25) is 4.79 Å². The summed E-state index contributed by atoms with van der Waals surface area (Å²) in [6, 6.07) is 8.49. The summed E-state index contributed by atoms with van der Waals surface area (Å²) in [6.45, 7) is 2.43. The van der Waals surface area contributed by atoms with Crippen LogP contribution in [0.3, 0.4) is 0 Å². The third kappa shape index (κ3) is 3.16. The molecule has 0 saturated heterocycles. The Morgan fingerprint density at radius 2 is 1.95 bits per heavy atom.